The Morgan fingerprint density at radius 2 is 1.88 bits per heavy atom. The van der Waals surface area contributed by atoms with Gasteiger partial charge in [-0.2, -0.15) is 4.72 Å². The first kappa shape index (κ1) is 24.4. The zero-order valence-corrected chi connectivity index (χ0v) is 20.5. The minimum atomic E-state index is -4.13. The number of nitrogens with zero attached hydrogens (tertiary/aromatic N) is 1. The molecule has 0 aliphatic rings. The highest BCUT2D eigenvalue weighted by Gasteiger charge is 2.26. The van der Waals surface area contributed by atoms with E-state index in [4.69, 9.17) is 16.3 Å². The van der Waals surface area contributed by atoms with Crippen LogP contribution in [-0.4, -0.2) is 36.5 Å². The van der Waals surface area contributed by atoms with Crippen LogP contribution in [0.2, 0.25) is 5.02 Å². The smallest absolute Gasteiger partial charge is 0.324 e. The minimum absolute atomic E-state index is 0.0140. The number of carbonyl (C=O) groups is 1. The highest BCUT2D eigenvalue weighted by atomic mass is 79.9. The normalized spacial score (nSPS) is 12.7. The molecular formula is C21H20BrClFN3O4S. The lowest BCUT2D eigenvalue weighted by Crippen LogP contribution is -2.40. The number of hydrogen-bond donors (Lipinski definition) is 2. The first-order valence-corrected chi connectivity index (χ1v) is 12.2. The number of aromatic nitrogens is 2. The molecule has 11 heteroatoms. The number of rotatable bonds is 7. The number of esters is 1. The molecule has 2 aromatic carbocycles. The maximum Gasteiger partial charge on any atom is 0.324 e. The monoisotopic (exact) mass is 543 g/mol. The summed E-state index contributed by atoms with van der Waals surface area (Å²) in [7, 11) is -4.13. The summed E-state index contributed by atoms with van der Waals surface area (Å²) in [6, 6.07) is 7.82. The summed E-state index contributed by atoms with van der Waals surface area (Å²) in [6.45, 7) is 4.73. The second-order valence-electron chi connectivity index (χ2n) is 7.25. The molecule has 0 spiro atoms. The molecule has 1 atom stereocenters. The zero-order valence-electron chi connectivity index (χ0n) is 17.3. The summed E-state index contributed by atoms with van der Waals surface area (Å²) in [5.41, 5.74) is 1.76. The van der Waals surface area contributed by atoms with Gasteiger partial charge in [-0.25, -0.2) is 17.8 Å². The Bertz CT molecular complexity index is 1260. The summed E-state index contributed by atoms with van der Waals surface area (Å²) in [5, 5.41) is -0.0140. The van der Waals surface area contributed by atoms with Gasteiger partial charge in [0.2, 0.25) is 10.0 Å². The van der Waals surface area contributed by atoms with Crippen LogP contribution in [0.5, 0.6) is 0 Å². The van der Waals surface area contributed by atoms with E-state index >= 15 is 0 Å². The number of H-pyrrole nitrogens is 1. The van der Waals surface area contributed by atoms with Crippen LogP contribution >= 0.6 is 27.5 Å². The van der Waals surface area contributed by atoms with Gasteiger partial charge in [-0.1, -0.05) is 11.6 Å². The highest BCUT2D eigenvalue weighted by molar-refractivity contribution is 9.10. The lowest BCUT2D eigenvalue weighted by molar-refractivity contribution is -0.148. The molecule has 0 saturated carbocycles. The van der Waals surface area contributed by atoms with E-state index in [1.54, 1.807) is 38.2 Å². The second-order valence-corrected chi connectivity index (χ2v) is 10.2. The zero-order chi connectivity index (χ0) is 23.6. The molecule has 1 heterocycles. The number of sulfonamides is 1. The number of halogens is 3. The summed E-state index contributed by atoms with van der Waals surface area (Å²) in [4.78, 5) is 19.2. The second kappa shape index (κ2) is 9.70. The third-order valence-corrected chi connectivity index (χ3v) is 6.97. The maximum absolute atomic E-state index is 13.5. The van der Waals surface area contributed by atoms with E-state index in [0.717, 1.165) is 0 Å². The predicted octanol–water partition coefficient (Wildman–Crippen LogP) is 4.92. The van der Waals surface area contributed by atoms with Gasteiger partial charge in [0.1, 0.15) is 22.6 Å². The molecule has 3 aromatic rings. The van der Waals surface area contributed by atoms with E-state index in [1.807, 2.05) is 0 Å². The van der Waals surface area contributed by atoms with Gasteiger partial charge in [0, 0.05) is 11.1 Å². The molecule has 0 unspecified atom stereocenters. The number of imidazole rings is 1. The summed E-state index contributed by atoms with van der Waals surface area (Å²) in [5.74, 6) is -0.696. The molecule has 32 heavy (non-hydrogen) atoms. The predicted molar refractivity (Wildman–Crippen MR) is 123 cm³/mol. The fourth-order valence-electron chi connectivity index (χ4n) is 2.81. The molecule has 0 bridgehead atoms. The number of nitrogens with one attached hydrogen (secondary N) is 2. The first-order valence-electron chi connectivity index (χ1n) is 9.51. The maximum atomic E-state index is 13.5. The van der Waals surface area contributed by atoms with E-state index in [0.29, 0.717) is 27.1 Å². The van der Waals surface area contributed by atoms with Gasteiger partial charge in [-0.3, -0.25) is 4.79 Å². The first-order chi connectivity index (χ1) is 15.0. The van der Waals surface area contributed by atoms with Gasteiger partial charge < -0.3 is 9.72 Å². The average Bonchev–Trinajstić information content (AvgIpc) is 3.19. The molecule has 0 radical (unpaired) electrons. The number of hydrogen-bond acceptors (Lipinski definition) is 5. The topological polar surface area (TPSA) is 101 Å². The molecule has 0 aliphatic heterocycles. The SMILES string of the molecule is CC(C)OC(=O)[C@@H](C)NS(=O)(=O)c1cc(-c2ncc(-c3ccc(F)c(Br)c3)[nH]2)ccc1Cl. The fourth-order valence-corrected chi connectivity index (χ4v) is 4.91. The lowest BCUT2D eigenvalue weighted by Gasteiger charge is -2.16. The molecule has 3 rings (SSSR count). The minimum Gasteiger partial charge on any atom is -0.462 e. The molecule has 0 aliphatic carbocycles. The summed E-state index contributed by atoms with van der Waals surface area (Å²) >= 11 is 9.29. The number of aromatic amines is 1. The van der Waals surface area contributed by atoms with Gasteiger partial charge in [-0.05, 0) is 73.1 Å². The van der Waals surface area contributed by atoms with Crippen LogP contribution in [0.3, 0.4) is 0 Å². The Kier molecular flexibility index (Phi) is 7.39. The van der Waals surface area contributed by atoms with Crippen LogP contribution in [-0.2, 0) is 19.6 Å². The van der Waals surface area contributed by atoms with Crippen molar-refractivity contribution in [2.24, 2.45) is 0 Å². The largest absolute Gasteiger partial charge is 0.462 e. The van der Waals surface area contributed by atoms with Crippen molar-refractivity contribution in [1.82, 2.24) is 14.7 Å². The van der Waals surface area contributed by atoms with E-state index in [-0.39, 0.29) is 21.8 Å². The van der Waals surface area contributed by atoms with Crippen molar-refractivity contribution in [2.45, 2.75) is 37.8 Å². The molecule has 1 aromatic heterocycles. The van der Waals surface area contributed by atoms with Crippen molar-refractivity contribution in [3.63, 3.8) is 0 Å². The Balaban J connectivity index is 1.89. The van der Waals surface area contributed by atoms with Crippen molar-refractivity contribution < 1.29 is 22.3 Å². The van der Waals surface area contributed by atoms with Gasteiger partial charge in [0.15, 0.2) is 0 Å². The molecular weight excluding hydrogens is 525 g/mol. The quantitative estimate of drug-likeness (QED) is 0.411. The Morgan fingerprint density at radius 1 is 1.19 bits per heavy atom. The Morgan fingerprint density at radius 3 is 2.53 bits per heavy atom. The molecule has 2 N–H and O–H groups in total. The van der Waals surface area contributed by atoms with Crippen molar-refractivity contribution in [1.29, 1.82) is 0 Å². The third-order valence-electron chi connectivity index (χ3n) is 4.34. The van der Waals surface area contributed by atoms with E-state index in [9.17, 15) is 17.6 Å². The molecule has 7 nitrogen and oxygen atoms in total. The number of ether oxygens (including phenoxy) is 1. The van der Waals surface area contributed by atoms with Gasteiger partial charge in [0.05, 0.1) is 27.5 Å². The van der Waals surface area contributed by atoms with Crippen LogP contribution in [0.15, 0.2) is 52.0 Å². The van der Waals surface area contributed by atoms with E-state index in [2.05, 4.69) is 30.6 Å². The molecule has 0 amide bonds. The van der Waals surface area contributed by atoms with Crippen molar-refractivity contribution >= 4 is 43.5 Å². The van der Waals surface area contributed by atoms with Crippen LogP contribution in [0.4, 0.5) is 4.39 Å². The van der Waals surface area contributed by atoms with Crippen molar-refractivity contribution in [3.05, 3.63) is 57.9 Å². The Labute approximate surface area is 198 Å². The van der Waals surface area contributed by atoms with Crippen molar-refractivity contribution in [3.8, 4) is 22.6 Å². The van der Waals surface area contributed by atoms with Crippen molar-refractivity contribution in [2.75, 3.05) is 0 Å². The number of benzene rings is 2. The Hall–Kier alpha value is -2.27. The van der Waals surface area contributed by atoms with Gasteiger partial charge in [0.25, 0.3) is 0 Å². The molecule has 0 fully saturated rings. The van der Waals surface area contributed by atoms with E-state index < -0.39 is 22.0 Å². The number of carbonyl (C=O) groups excluding carboxylic acids is 1. The lowest BCUT2D eigenvalue weighted by atomic mass is 10.2. The molecule has 170 valence electrons. The standard InChI is InChI=1S/C21H20BrClFN3O4S/c1-11(2)31-21(28)12(3)27-32(29,30)19-9-14(4-6-16(19)23)20-25-10-18(26-20)13-5-7-17(24)15(22)8-13/h4-12,27H,1-3H3,(H,25,26)/t12-/m1/s1. The third kappa shape index (κ3) is 5.55. The summed E-state index contributed by atoms with van der Waals surface area (Å²) < 4.78 is 46.8. The molecule has 0 saturated heterocycles. The van der Waals surface area contributed by atoms with Crippen LogP contribution in [0.25, 0.3) is 22.6 Å². The fraction of sp³-hybridized carbons (Fsp3) is 0.238. The van der Waals surface area contributed by atoms with Crippen LogP contribution in [0, 0.1) is 5.82 Å². The van der Waals surface area contributed by atoms with E-state index in [1.165, 1.54) is 25.1 Å². The average molecular weight is 545 g/mol. The highest BCUT2D eigenvalue weighted by Crippen LogP contribution is 2.29. The van der Waals surface area contributed by atoms with Gasteiger partial charge in [-0.15, -0.1) is 0 Å². The van der Waals surface area contributed by atoms with Crippen LogP contribution in [0.1, 0.15) is 20.8 Å². The van der Waals surface area contributed by atoms with Crippen LogP contribution < -0.4 is 4.72 Å². The summed E-state index contributed by atoms with van der Waals surface area (Å²) in [6.07, 6.45) is 1.18. The van der Waals surface area contributed by atoms with Gasteiger partial charge >= 0.3 is 5.97 Å².